The summed E-state index contributed by atoms with van der Waals surface area (Å²) >= 11 is 4.04. The minimum absolute atomic E-state index is 0.0642. The van der Waals surface area contributed by atoms with Crippen LogP contribution in [0.5, 0.6) is 0 Å². The number of carbonyl (C=O) groups excluding carboxylic acids is 1. The van der Waals surface area contributed by atoms with Gasteiger partial charge in [-0.2, -0.15) is 12.6 Å². The van der Waals surface area contributed by atoms with Crippen molar-refractivity contribution in [3.05, 3.63) is 34.9 Å². The van der Waals surface area contributed by atoms with Crippen LogP contribution < -0.4 is 5.32 Å². The monoisotopic (exact) mass is 251 g/mol. The van der Waals surface area contributed by atoms with Crippen molar-refractivity contribution in [1.29, 1.82) is 0 Å². The predicted octanol–water partition coefficient (Wildman–Crippen LogP) is 3.05. The topological polar surface area (TPSA) is 29.1 Å². The largest absolute Gasteiger partial charge is 0.352 e. The molecule has 0 aromatic heterocycles. The van der Waals surface area contributed by atoms with E-state index in [-0.39, 0.29) is 5.91 Å². The number of benzene rings is 1. The number of amides is 1. The van der Waals surface area contributed by atoms with Crippen molar-refractivity contribution in [3.8, 4) is 0 Å². The Labute approximate surface area is 109 Å². The molecule has 0 unspecified atom stereocenters. The van der Waals surface area contributed by atoms with Gasteiger partial charge in [0.1, 0.15) is 0 Å². The van der Waals surface area contributed by atoms with Gasteiger partial charge >= 0.3 is 0 Å². The van der Waals surface area contributed by atoms with Gasteiger partial charge in [0.2, 0.25) is 5.91 Å². The first-order valence-electron chi connectivity index (χ1n) is 6.01. The molecule has 1 N–H and O–H groups in total. The molecule has 0 radical (unpaired) electrons. The van der Waals surface area contributed by atoms with Crippen molar-refractivity contribution in [1.82, 2.24) is 5.32 Å². The maximum Gasteiger partial charge on any atom is 0.221 e. The van der Waals surface area contributed by atoms with Gasteiger partial charge in [-0.05, 0) is 35.3 Å². The minimum atomic E-state index is 0.0642. The number of aryl methyl sites for hydroxylation is 1. The van der Waals surface area contributed by atoms with Gasteiger partial charge in [-0.25, -0.2) is 0 Å². The molecule has 0 saturated carbocycles. The molecule has 1 aromatic rings. The van der Waals surface area contributed by atoms with Gasteiger partial charge in [-0.1, -0.05) is 32.0 Å². The van der Waals surface area contributed by atoms with Crippen LogP contribution >= 0.6 is 12.6 Å². The third-order valence-corrected chi connectivity index (χ3v) is 3.08. The van der Waals surface area contributed by atoms with Crippen LogP contribution in [0.3, 0.4) is 0 Å². The van der Waals surface area contributed by atoms with Crippen LogP contribution in [0.15, 0.2) is 18.2 Å². The second-order valence-electron chi connectivity index (χ2n) is 4.59. The Bertz CT molecular complexity index is 388. The summed E-state index contributed by atoms with van der Waals surface area (Å²) in [6.45, 7) is 7.03. The summed E-state index contributed by atoms with van der Waals surface area (Å²) < 4.78 is 0. The molecule has 0 atom stereocenters. The third kappa shape index (κ3) is 4.43. The van der Waals surface area contributed by atoms with Gasteiger partial charge in [-0.3, -0.25) is 4.79 Å². The molecular formula is C14H21NOS. The normalized spacial score (nSPS) is 10.6. The molecule has 94 valence electrons. The van der Waals surface area contributed by atoms with Crippen LogP contribution in [0, 0.1) is 6.92 Å². The Morgan fingerprint density at radius 3 is 2.71 bits per heavy atom. The molecule has 1 amide bonds. The van der Waals surface area contributed by atoms with E-state index in [0.717, 1.165) is 0 Å². The Balaban J connectivity index is 2.69. The molecule has 2 nitrogen and oxygen atoms in total. The zero-order valence-corrected chi connectivity index (χ0v) is 11.7. The second kappa shape index (κ2) is 6.70. The number of rotatable bonds is 5. The van der Waals surface area contributed by atoms with Crippen LogP contribution in [0.2, 0.25) is 0 Å². The molecule has 1 rings (SSSR count). The van der Waals surface area contributed by atoms with Crippen LogP contribution in [-0.4, -0.2) is 11.7 Å². The maximum atomic E-state index is 11.4. The molecule has 0 aliphatic rings. The quantitative estimate of drug-likeness (QED) is 0.774. The predicted molar refractivity (Wildman–Crippen MR) is 75.6 cm³/mol. The molecule has 0 heterocycles. The smallest absolute Gasteiger partial charge is 0.221 e. The van der Waals surface area contributed by atoms with Gasteiger partial charge < -0.3 is 5.32 Å². The molecule has 0 spiro atoms. The fourth-order valence-electron chi connectivity index (χ4n) is 1.62. The first-order chi connectivity index (χ1) is 8.04. The zero-order valence-electron chi connectivity index (χ0n) is 10.8. The van der Waals surface area contributed by atoms with E-state index in [1.807, 2.05) is 0 Å². The van der Waals surface area contributed by atoms with E-state index in [1.165, 1.54) is 16.7 Å². The average molecular weight is 251 g/mol. The summed E-state index contributed by atoms with van der Waals surface area (Å²) in [5.41, 5.74) is 3.73. The van der Waals surface area contributed by atoms with Crippen molar-refractivity contribution in [3.63, 3.8) is 0 Å². The fourth-order valence-corrected chi connectivity index (χ4v) is 1.83. The zero-order chi connectivity index (χ0) is 12.8. The summed E-state index contributed by atoms with van der Waals surface area (Å²) in [7, 11) is 0. The number of nitrogens with one attached hydrogen (secondary N) is 1. The molecule has 17 heavy (non-hydrogen) atoms. The van der Waals surface area contributed by atoms with Crippen molar-refractivity contribution in [2.24, 2.45) is 0 Å². The summed E-state index contributed by atoms with van der Waals surface area (Å²) in [4.78, 5) is 11.4. The third-order valence-electron chi connectivity index (χ3n) is 2.85. The summed E-state index contributed by atoms with van der Waals surface area (Å²) in [5, 5.41) is 2.92. The van der Waals surface area contributed by atoms with Gasteiger partial charge in [0.15, 0.2) is 0 Å². The fraction of sp³-hybridized carbons (Fsp3) is 0.500. The van der Waals surface area contributed by atoms with Crippen LogP contribution in [0.4, 0.5) is 0 Å². The number of hydrogen-bond donors (Lipinski definition) is 2. The van der Waals surface area contributed by atoms with Gasteiger partial charge in [0.05, 0.1) is 0 Å². The molecule has 3 heteroatoms. The van der Waals surface area contributed by atoms with Crippen molar-refractivity contribution < 1.29 is 4.79 Å². The summed E-state index contributed by atoms with van der Waals surface area (Å²) in [6.07, 6.45) is 0.478. The molecule has 0 fully saturated rings. The van der Waals surface area contributed by atoms with E-state index < -0.39 is 0 Å². The first-order valence-corrected chi connectivity index (χ1v) is 6.64. The Morgan fingerprint density at radius 2 is 2.12 bits per heavy atom. The summed E-state index contributed by atoms with van der Waals surface area (Å²) in [6, 6.07) is 6.45. The summed E-state index contributed by atoms with van der Waals surface area (Å²) in [5.74, 6) is 1.17. The van der Waals surface area contributed by atoms with E-state index in [1.54, 1.807) is 0 Å². The highest BCUT2D eigenvalue weighted by Crippen LogP contribution is 2.18. The minimum Gasteiger partial charge on any atom is -0.352 e. The lowest BCUT2D eigenvalue weighted by Crippen LogP contribution is -2.23. The van der Waals surface area contributed by atoms with Crippen LogP contribution in [0.25, 0.3) is 0 Å². The van der Waals surface area contributed by atoms with Crippen LogP contribution in [0.1, 0.15) is 42.9 Å². The Hall–Kier alpha value is -0.960. The number of thiol groups is 1. The SMILES string of the molecule is Cc1ccc(C(C)C)cc1CNC(=O)CCS. The van der Waals surface area contributed by atoms with E-state index in [0.29, 0.717) is 24.6 Å². The first kappa shape index (κ1) is 14.1. The Kier molecular flexibility index (Phi) is 5.56. The Morgan fingerprint density at radius 1 is 1.41 bits per heavy atom. The molecule has 0 bridgehead atoms. The van der Waals surface area contributed by atoms with Crippen LogP contribution in [-0.2, 0) is 11.3 Å². The lowest BCUT2D eigenvalue weighted by Gasteiger charge is -2.12. The average Bonchev–Trinajstić information content (AvgIpc) is 2.28. The number of hydrogen-bond acceptors (Lipinski definition) is 2. The van der Waals surface area contributed by atoms with E-state index in [9.17, 15) is 4.79 Å². The number of carbonyl (C=O) groups is 1. The second-order valence-corrected chi connectivity index (χ2v) is 5.04. The molecule has 0 aliphatic carbocycles. The lowest BCUT2D eigenvalue weighted by atomic mass is 9.98. The highest BCUT2D eigenvalue weighted by Gasteiger charge is 2.05. The standard InChI is InChI=1S/C14H21NOS/c1-10(2)12-5-4-11(3)13(8-12)9-15-14(16)6-7-17/h4-5,8,10,17H,6-7,9H2,1-3H3,(H,15,16). The molecular weight excluding hydrogens is 230 g/mol. The van der Waals surface area contributed by atoms with E-state index >= 15 is 0 Å². The highest BCUT2D eigenvalue weighted by atomic mass is 32.1. The van der Waals surface area contributed by atoms with Crippen molar-refractivity contribution in [2.75, 3.05) is 5.75 Å². The molecule has 0 saturated heterocycles. The molecule has 1 aromatic carbocycles. The van der Waals surface area contributed by atoms with Crippen molar-refractivity contribution >= 4 is 18.5 Å². The van der Waals surface area contributed by atoms with E-state index in [4.69, 9.17) is 0 Å². The van der Waals surface area contributed by atoms with Crippen molar-refractivity contribution in [2.45, 2.75) is 39.7 Å². The lowest BCUT2D eigenvalue weighted by molar-refractivity contribution is -0.120. The van der Waals surface area contributed by atoms with Gasteiger partial charge in [0, 0.05) is 13.0 Å². The van der Waals surface area contributed by atoms with E-state index in [2.05, 4.69) is 56.9 Å². The maximum absolute atomic E-state index is 11.4. The highest BCUT2D eigenvalue weighted by molar-refractivity contribution is 7.80. The molecule has 0 aliphatic heterocycles. The van der Waals surface area contributed by atoms with Gasteiger partial charge in [-0.15, -0.1) is 0 Å². The van der Waals surface area contributed by atoms with Gasteiger partial charge in [0.25, 0.3) is 0 Å².